The predicted molar refractivity (Wildman–Crippen MR) is 155 cm³/mol. The molecule has 6 heteroatoms. The molecule has 0 aliphatic rings. The first-order valence-electron chi connectivity index (χ1n) is 13.3. The van der Waals surface area contributed by atoms with E-state index in [9.17, 15) is 0 Å². The van der Waals surface area contributed by atoms with Crippen LogP contribution in [0.1, 0.15) is 31.4 Å². The zero-order valence-corrected chi connectivity index (χ0v) is 23.6. The molecule has 0 aromatic heterocycles. The fourth-order valence-corrected chi connectivity index (χ4v) is 6.76. The van der Waals surface area contributed by atoms with E-state index in [-0.39, 0.29) is 12.1 Å². The third-order valence-electron chi connectivity index (χ3n) is 6.31. The molecular formula is C30H47N3O2Si. The van der Waals surface area contributed by atoms with Crippen LogP contribution < -0.4 is 10.6 Å². The minimum atomic E-state index is -2.13. The second-order valence-corrected chi connectivity index (χ2v) is 12.6. The topological polar surface area (TPSA) is 45.8 Å². The first-order chi connectivity index (χ1) is 17.5. The molecule has 2 aromatic rings. The van der Waals surface area contributed by atoms with E-state index < -0.39 is 8.56 Å². The first-order valence-corrected chi connectivity index (χ1v) is 15.8. The van der Waals surface area contributed by atoms with E-state index in [1.54, 1.807) is 0 Å². The molecule has 0 heterocycles. The molecule has 0 radical (unpaired) electrons. The van der Waals surface area contributed by atoms with Gasteiger partial charge in [0.05, 0.1) is 0 Å². The van der Waals surface area contributed by atoms with Crippen LogP contribution in [0.25, 0.3) is 0 Å². The number of nitrogens with one attached hydrogen (secondary N) is 2. The molecule has 2 rings (SSSR count). The molecule has 0 bridgehead atoms. The van der Waals surface area contributed by atoms with Crippen LogP contribution in [0, 0.1) is 0 Å². The van der Waals surface area contributed by atoms with Crippen molar-refractivity contribution >= 4 is 8.56 Å². The Labute approximate surface area is 220 Å². The van der Waals surface area contributed by atoms with Crippen molar-refractivity contribution in [2.24, 2.45) is 0 Å². The standard InChI is InChI=1S/C30H47N3O2Si/c1-6-29(31-23-27-17-12-10-13-18-27)25-33(21-16-22-36(5,34-8-3)35-9-4)26-30(7-2)32-24-28-19-14-11-15-20-28/h6-7,10-15,17-20,29-32H,1-2,8-9,16,21-26H2,3-5H3. The Balaban J connectivity index is 2.01. The summed E-state index contributed by atoms with van der Waals surface area (Å²) in [6, 6.07) is 22.4. The SMILES string of the molecule is C=CC(CN(CCC[Si](C)(OCC)OCC)CC(C=C)NCc1ccccc1)NCc1ccccc1. The van der Waals surface area contributed by atoms with Gasteiger partial charge < -0.3 is 19.5 Å². The van der Waals surface area contributed by atoms with Crippen LogP contribution in [-0.4, -0.2) is 58.4 Å². The molecule has 2 unspecified atom stereocenters. The van der Waals surface area contributed by atoms with Crippen molar-refractivity contribution in [3.05, 3.63) is 97.1 Å². The molecule has 2 aromatic carbocycles. The Morgan fingerprint density at radius 2 is 1.25 bits per heavy atom. The van der Waals surface area contributed by atoms with Gasteiger partial charge in [-0.1, -0.05) is 72.8 Å². The van der Waals surface area contributed by atoms with Crippen LogP contribution >= 0.6 is 0 Å². The highest BCUT2D eigenvalue weighted by atomic mass is 28.4. The van der Waals surface area contributed by atoms with Crippen molar-refractivity contribution in [2.75, 3.05) is 32.8 Å². The van der Waals surface area contributed by atoms with Gasteiger partial charge in [-0.25, -0.2) is 0 Å². The number of nitrogens with zero attached hydrogens (tertiary/aromatic N) is 1. The minimum absolute atomic E-state index is 0.187. The number of hydrogen-bond acceptors (Lipinski definition) is 5. The lowest BCUT2D eigenvalue weighted by Gasteiger charge is -2.31. The van der Waals surface area contributed by atoms with Gasteiger partial charge in [0.2, 0.25) is 0 Å². The summed E-state index contributed by atoms with van der Waals surface area (Å²) in [6.45, 7) is 20.3. The Bertz CT molecular complexity index is 786. The van der Waals surface area contributed by atoms with Gasteiger partial charge in [-0.05, 0) is 50.5 Å². The molecule has 0 saturated heterocycles. The van der Waals surface area contributed by atoms with Gasteiger partial charge in [0.25, 0.3) is 0 Å². The molecule has 0 spiro atoms. The quantitative estimate of drug-likeness (QED) is 0.182. The monoisotopic (exact) mass is 509 g/mol. The molecule has 2 N–H and O–H groups in total. The van der Waals surface area contributed by atoms with E-state index in [4.69, 9.17) is 8.85 Å². The van der Waals surface area contributed by atoms with Crippen LogP contribution in [0.3, 0.4) is 0 Å². The average molecular weight is 510 g/mol. The smallest absolute Gasteiger partial charge is 0.334 e. The highest BCUT2D eigenvalue weighted by molar-refractivity contribution is 6.66. The van der Waals surface area contributed by atoms with E-state index in [2.05, 4.69) is 110 Å². The van der Waals surface area contributed by atoms with E-state index in [0.29, 0.717) is 13.2 Å². The van der Waals surface area contributed by atoms with Crippen LogP contribution in [0.2, 0.25) is 12.6 Å². The molecule has 0 saturated carbocycles. The first kappa shape index (κ1) is 30.2. The maximum absolute atomic E-state index is 6.07. The van der Waals surface area contributed by atoms with E-state index in [0.717, 1.165) is 45.2 Å². The Kier molecular flexibility index (Phi) is 14.6. The molecule has 0 aliphatic carbocycles. The third kappa shape index (κ3) is 11.8. The summed E-state index contributed by atoms with van der Waals surface area (Å²) in [4.78, 5) is 2.52. The maximum atomic E-state index is 6.07. The van der Waals surface area contributed by atoms with Crippen molar-refractivity contribution in [1.82, 2.24) is 15.5 Å². The van der Waals surface area contributed by atoms with Crippen LogP contribution in [0.15, 0.2) is 86.0 Å². The van der Waals surface area contributed by atoms with E-state index in [1.165, 1.54) is 11.1 Å². The van der Waals surface area contributed by atoms with Crippen LogP contribution in [0.5, 0.6) is 0 Å². The molecule has 0 fully saturated rings. The van der Waals surface area contributed by atoms with Crippen LogP contribution in [-0.2, 0) is 21.9 Å². The molecule has 0 aliphatic heterocycles. The Morgan fingerprint density at radius 3 is 1.64 bits per heavy atom. The van der Waals surface area contributed by atoms with Crippen molar-refractivity contribution in [3.8, 4) is 0 Å². The number of rotatable bonds is 20. The lowest BCUT2D eigenvalue weighted by atomic mass is 10.1. The highest BCUT2D eigenvalue weighted by Gasteiger charge is 2.30. The molecule has 198 valence electrons. The average Bonchev–Trinajstić information content (AvgIpc) is 2.90. The summed E-state index contributed by atoms with van der Waals surface area (Å²) in [7, 11) is -2.13. The Hall–Kier alpha value is -2.06. The van der Waals surface area contributed by atoms with Gasteiger partial charge in [-0.2, -0.15) is 0 Å². The zero-order valence-electron chi connectivity index (χ0n) is 22.6. The largest absolute Gasteiger partial charge is 0.395 e. The lowest BCUT2D eigenvalue weighted by Crippen LogP contribution is -2.46. The molecule has 36 heavy (non-hydrogen) atoms. The summed E-state index contributed by atoms with van der Waals surface area (Å²) in [5.41, 5.74) is 2.55. The number of hydrogen-bond donors (Lipinski definition) is 2. The molecule has 2 atom stereocenters. The predicted octanol–water partition coefficient (Wildman–Crippen LogP) is 5.51. The van der Waals surface area contributed by atoms with Crippen molar-refractivity contribution in [1.29, 1.82) is 0 Å². The van der Waals surface area contributed by atoms with Gasteiger partial charge in [0.1, 0.15) is 0 Å². The fourth-order valence-electron chi connectivity index (χ4n) is 4.37. The Morgan fingerprint density at radius 1 is 0.806 bits per heavy atom. The molecule has 0 amide bonds. The van der Waals surface area contributed by atoms with Gasteiger partial charge in [-0.15, -0.1) is 13.2 Å². The molecular weight excluding hydrogens is 462 g/mol. The van der Waals surface area contributed by atoms with Crippen molar-refractivity contribution < 1.29 is 8.85 Å². The molecule has 5 nitrogen and oxygen atoms in total. The third-order valence-corrected chi connectivity index (χ3v) is 9.37. The van der Waals surface area contributed by atoms with Gasteiger partial charge >= 0.3 is 8.56 Å². The van der Waals surface area contributed by atoms with Crippen molar-refractivity contribution in [3.63, 3.8) is 0 Å². The lowest BCUT2D eigenvalue weighted by molar-refractivity contribution is 0.184. The summed E-state index contributed by atoms with van der Waals surface area (Å²) < 4.78 is 12.1. The highest BCUT2D eigenvalue weighted by Crippen LogP contribution is 2.17. The number of benzene rings is 2. The van der Waals surface area contributed by atoms with Crippen LogP contribution in [0.4, 0.5) is 0 Å². The zero-order chi connectivity index (χ0) is 26.1. The van der Waals surface area contributed by atoms with Gasteiger partial charge in [-0.3, -0.25) is 4.90 Å². The van der Waals surface area contributed by atoms with E-state index in [1.807, 2.05) is 12.2 Å². The van der Waals surface area contributed by atoms with Gasteiger partial charge in [0, 0.05) is 51.5 Å². The fraction of sp³-hybridized carbons (Fsp3) is 0.467. The summed E-state index contributed by atoms with van der Waals surface area (Å²) in [5, 5.41) is 7.33. The van der Waals surface area contributed by atoms with E-state index >= 15 is 0 Å². The van der Waals surface area contributed by atoms with Crippen molar-refractivity contribution in [2.45, 2.75) is 58.0 Å². The normalized spacial score (nSPS) is 13.4. The second kappa shape index (κ2) is 17.4. The maximum Gasteiger partial charge on any atom is 0.334 e. The second-order valence-electron chi connectivity index (χ2n) is 9.28. The summed E-state index contributed by atoms with van der Waals surface area (Å²) in [5.74, 6) is 0. The van der Waals surface area contributed by atoms with Gasteiger partial charge in [0.15, 0.2) is 0 Å². The summed E-state index contributed by atoms with van der Waals surface area (Å²) in [6.07, 6.45) is 5.08. The summed E-state index contributed by atoms with van der Waals surface area (Å²) >= 11 is 0. The minimum Gasteiger partial charge on any atom is -0.395 e.